The first-order valence-electron chi connectivity index (χ1n) is 13.3. The second-order valence-electron chi connectivity index (χ2n) is 10.3. The van der Waals surface area contributed by atoms with Gasteiger partial charge in [-0.15, -0.1) is 0 Å². The van der Waals surface area contributed by atoms with E-state index in [4.69, 9.17) is 9.98 Å². The molecule has 0 spiro atoms. The molecule has 6 rings (SSSR count). The normalized spacial score (nSPS) is 14.6. The molecule has 0 saturated heterocycles. The van der Waals surface area contributed by atoms with Crippen LogP contribution in [0.25, 0.3) is 17.5 Å². The number of hydrogen-bond donors (Lipinski definition) is 1. The quantitative estimate of drug-likeness (QED) is 0.303. The van der Waals surface area contributed by atoms with Gasteiger partial charge in [0.15, 0.2) is 0 Å². The van der Waals surface area contributed by atoms with Crippen LogP contribution >= 0.6 is 0 Å². The van der Waals surface area contributed by atoms with Gasteiger partial charge < -0.3 is 5.32 Å². The number of fused-ring (bicyclic) bond motifs is 2. The number of rotatable bonds is 9. The molecule has 4 aromatic rings. The Kier molecular flexibility index (Phi) is 6.80. The lowest BCUT2D eigenvalue weighted by Crippen LogP contribution is -2.31. The maximum absolute atomic E-state index is 13.8. The highest BCUT2D eigenvalue weighted by atomic mass is 16.1. The fourth-order valence-corrected chi connectivity index (χ4v) is 5.29. The average Bonchev–Trinajstić information content (AvgIpc) is 3.56. The van der Waals surface area contributed by atoms with E-state index < -0.39 is 0 Å². The maximum Gasteiger partial charge on any atom is 0.262 e. The molecule has 0 bridgehead atoms. The fourth-order valence-electron chi connectivity index (χ4n) is 5.29. The van der Waals surface area contributed by atoms with Crippen LogP contribution in [0.15, 0.2) is 94.6 Å². The number of para-hydroxylation sites is 1. The van der Waals surface area contributed by atoms with E-state index in [1.165, 1.54) is 16.7 Å². The van der Waals surface area contributed by atoms with E-state index >= 15 is 0 Å². The number of pyridine rings is 1. The average molecular weight is 508 g/mol. The number of benzene rings is 2. The Morgan fingerprint density at radius 1 is 1.00 bits per heavy atom. The van der Waals surface area contributed by atoms with Crippen molar-refractivity contribution in [2.24, 2.45) is 10.9 Å². The van der Waals surface area contributed by atoms with Crippen LogP contribution < -0.4 is 10.9 Å². The third-order valence-electron chi connectivity index (χ3n) is 7.41. The Labute approximate surface area is 227 Å². The highest BCUT2D eigenvalue weighted by Crippen LogP contribution is 2.28. The van der Waals surface area contributed by atoms with Crippen LogP contribution in [0.3, 0.4) is 0 Å². The number of aliphatic imine (C=N–C) groups is 1. The van der Waals surface area contributed by atoms with Gasteiger partial charge in [-0.2, -0.15) is 0 Å². The SMILES string of the molecule is CC(CCn1c(-c2ccccc2)ncc(C2=Nc3ccccc3C2)c1=O)CNCC1=Cc2cnccc2C1.[HH].[HH].[HH]. The first-order chi connectivity index (χ1) is 18.7. The summed E-state index contributed by atoms with van der Waals surface area (Å²) in [5.41, 5.74) is 8.37. The summed E-state index contributed by atoms with van der Waals surface area (Å²) < 4.78 is 1.84. The predicted octanol–water partition coefficient (Wildman–Crippen LogP) is 5.98. The Morgan fingerprint density at radius 2 is 1.84 bits per heavy atom. The van der Waals surface area contributed by atoms with E-state index in [0.29, 0.717) is 30.3 Å². The minimum absolute atomic E-state index is 0. The number of hydrogen-bond acceptors (Lipinski definition) is 5. The zero-order valence-electron chi connectivity index (χ0n) is 21.6. The second-order valence-corrected chi connectivity index (χ2v) is 10.3. The third kappa shape index (κ3) is 5.00. The third-order valence-corrected chi connectivity index (χ3v) is 7.41. The van der Waals surface area contributed by atoms with E-state index in [2.05, 4.69) is 35.4 Å². The van der Waals surface area contributed by atoms with Crippen molar-refractivity contribution >= 4 is 17.5 Å². The monoisotopic (exact) mass is 507 g/mol. The molecule has 196 valence electrons. The van der Waals surface area contributed by atoms with Crippen molar-refractivity contribution in [1.29, 1.82) is 0 Å². The number of nitrogens with zero attached hydrogens (tertiary/aromatic N) is 4. The van der Waals surface area contributed by atoms with E-state index in [1.54, 1.807) is 6.20 Å². The van der Waals surface area contributed by atoms with Gasteiger partial charge in [0.05, 0.1) is 17.0 Å². The van der Waals surface area contributed by atoms with E-state index in [1.807, 2.05) is 65.5 Å². The van der Waals surface area contributed by atoms with Crippen molar-refractivity contribution in [1.82, 2.24) is 19.9 Å². The molecule has 0 fully saturated rings. The molecule has 3 heterocycles. The van der Waals surface area contributed by atoms with Gasteiger partial charge in [-0.1, -0.05) is 67.1 Å². The summed E-state index contributed by atoms with van der Waals surface area (Å²) in [5.74, 6) is 1.10. The molecule has 1 atom stereocenters. The summed E-state index contributed by atoms with van der Waals surface area (Å²) in [5, 5.41) is 3.61. The molecule has 1 aliphatic heterocycles. The summed E-state index contributed by atoms with van der Waals surface area (Å²) in [6, 6.07) is 20.1. The smallest absolute Gasteiger partial charge is 0.262 e. The van der Waals surface area contributed by atoms with E-state index in [-0.39, 0.29) is 9.84 Å². The molecule has 2 aromatic carbocycles. The summed E-state index contributed by atoms with van der Waals surface area (Å²) in [4.78, 5) is 27.6. The van der Waals surface area contributed by atoms with E-state index in [9.17, 15) is 4.79 Å². The molecule has 2 aromatic heterocycles. The van der Waals surface area contributed by atoms with Gasteiger partial charge in [0.2, 0.25) is 0 Å². The molecule has 0 saturated carbocycles. The summed E-state index contributed by atoms with van der Waals surface area (Å²) in [7, 11) is 0. The van der Waals surface area contributed by atoms with Gasteiger partial charge in [0, 0.05) is 47.9 Å². The fraction of sp³-hybridized carbons (Fsp3) is 0.250. The first-order valence-corrected chi connectivity index (χ1v) is 13.3. The highest BCUT2D eigenvalue weighted by Gasteiger charge is 2.21. The Morgan fingerprint density at radius 3 is 2.68 bits per heavy atom. The van der Waals surface area contributed by atoms with Gasteiger partial charge >= 0.3 is 0 Å². The Hall–Kier alpha value is -4.16. The van der Waals surface area contributed by atoms with Crippen molar-refractivity contribution < 1.29 is 4.28 Å². The van der Waals surface area contributed by atoms with Crippen molar-refractivity contribution in [3.05, 3.63) is 117 Å². The Bertz CT molecular complexity index is 1600. The summed E-state index contributed by atoms with van der Waals surface area (Å²) >= 11 is 0. The van der Waals surface area contributed by atoms with Crippen LogP contribution in [0, 0.1) is 5.92 Å². The van der Waals surface area contributed by atoms with Crippen molar-refractivity contribution in [2.75, 3.05) is 13.1 Å². The van der Waals surface area contributed by atoms with Gasteiger partial charge in [-0.05, 0) is 54.1 Å². The Balaban J connectivity index is 0.00000154. The predicted molar refractivity (Wildman–Crippen MR) is 159 cm³/mol. The molecule has 1 N–H and O–H groups in total. The van der Waals surface area contributed by atoms with Gasteiger partial charge in [-0.3, -0.25) is 19.3 Å². The second kappa shape index (κ2) is 10.7. The molecular formula is C32H37N5O. The van der Waals surface area contributed by atoms with Gasteiger partial charge in [0.25, 0.3) is 5.56 Å². The van der Waals surface area contributed by atoms with Crippen LogP contribution in [0.2, 0.25) is 0 Å². The molecule has 0 radical (unpaired) electrons. The van der Waals surface area contributed by atoms with Crippen LogP contribution in [-0.2, 0) is 19.4 Å². The molecule has 38 heavy (non-hydrogen) atoms. The topological polar surface area (TPSA) is 72.2 Å². The lowest BCUT2D eigenvalue weighted by atomic mass is 10.1. The summed E-state index contributed by atoms with van der Waals surface area (Å²) in [6.07, 6.45) is 10.3. The lowest BCUT2D eigenvalue weighted by molar-refractivity contribution is 0.449. The first kappa shape index (κ1) is 24.2. The zero-order valence-corrected chi connectivity index (χ0v) is 21.6. The van der Waals surface area contributed by atoms with Crippen molar-refractivity contribution in [2.45, 2.75) is 32.7 Å². The van der Waals surface area contributed by atoms with Crippen LogP contribution in [0.1, 0.15) is 39.9 Å². The van der Waals surface area contributed by atoms with E-state index in [0.717, 1.165) is 48.5 Å². The van der Waals surface area contributed by atoms with Gasteiger partial charge in [-0.25, -0.2) is 4.98 Å². The van der Waals surface area contributed by atoms with Crippen LogP contribution in [0.4, 0.5) is 5.69 Å². The standard InChI is InChI=1S/C32H31N5O.3H2/c1-22(18-34-19-23-15-25-11-13-33-20-27(25)16-23)12-14-37-31(24-7-3-2-4-8-24)35-21-28(32(37)38)30-17-26-9-5-6-10-29(26)36-30;;;/h2-11,13,16,20-22,34H,12,14-15,17-19H2,1H3;3*1H. The summed E-state index contributed by atoms with van der Waals surface area (Å²) in [6.45, 7) is 4.59. The molecule has 6 nitrogen and oxygen atoms in total. The molecule has 2 aliphatic rings. The minimum Gasteiger partial charge on any atom is -0.313 e. The van der Waals surface area contributed by atoms with Crippen molar-refractivity contribution in [3.63, 3.8) is 0 Å². The number of aromatic nitrogens is 3. The highest BCUT2D eigenvalue weighted by molar-refractivity contribution is 6.06. The molecule has 6 heteroatoms. The van der Waals surface area contributed by atoms with Gasteiger partial charge in [0.1, 0.15) is 5.82 Å². The maximum atomic E-state index is 13.8. The lowest BCUT2D eigenvalue weighted by Gasteiger charge is -2.17. The number of nitrogens with one attached hydrogen (secondary N) is 1. The molecule has 0 amide bonds. The van der Waals surface area contributed by atoms with Crippen molar-refractivity contribution in [3.8, 4) is 11.4 Å². The minimum atomic E-state index is -0.0203. The zero-order chi connectivity index (χ0) is 25.9. The molecule has 1 aliphatic carbocycles. The largest absolute Gasteiger partial charge is 0.313 e. The van der Waals surface area contributed by atoms with Crippen LogP contribution in [0.5, 0.6) is 0 Å². The van der Waals surface area contributed by atoms with Crippen LogP contribution in [-0.4, -0.2) is 33.3 Å². The molecule has 1 unspecified atom stereocenters. The molecular weight excluding hydrogens is 470 g/mol.